The predicted octanol–water partition coefficient (Wildman–Crippen LogP) is 1.15. The van der Waals surface area contributed by atoms with E-state index in [2.05, 4.69) is 14.7 Å². The zero-order valence-corrected chi connectivity index (χ0v) is 5.84. The summed E-state index contributed by atoms with van der Waals surface area (Å²) in [7, 11) is 0. The van der Waals surface area contributed by atoms with Gasteiger partial charge in [0.15, 0.2) is 0 Å². The lowest BCUT2D eigenvalue weighted by molar-refractivity contribution is -0.0391. The first-order valence-corrected chi connectivity index (χ1v) is 3.03. The fraction of sp³-hybridized carbons (Fsp3) is 0.600. The van der Waals surface area contributed by atoms with Gasteiger partial charge in [-0.25, -0.2) is 0 Å². The molecule has 0 aliphatic rings. The fourth-order valence-electron chi connectivity index (χ4n) is 0.535. The van der Waals surface area contributed by atoms with Gasteiger partial charge in [0.1, 0.15) is 0 Å². The van der Waals surface area contributed by atoms with Crippen LogP contribution in [-0.4, -0.2) is 10.1 Å². The molecule has 62 valence electrons. The van der Waals surface area contributed by atoms with E-state index in [-0.39, 0.29) is 12.4 Å². The molecule has 0 aliphatic heterocycles. The number of hydrogen-bond donors (Lipinski definition) is 1. The molecular weight excluding hydrogens is 156 g/mol. The van der Waals surface area contributed by atoms with Gasteiger partial charge >= 0.3 is 5.92 Å². The van der Waals surface area contributed by atoms with Crippen LogP contribution < -0.4 is 5.73 Å². The second-order valence-corrected chi connectivity index (χ2v) is 2.02. The van der Waals surface area contributed by atoms with Gasteiger partial charge < -0.3 is 10.3 Å². The molecule has 0 unspecified atom stereocenters. The van der Waals surface area contributed by atoms with E-state index in [9.17, 15) is 8.78 Å². The lowest BCUT2D eigenvalue weighted by Gasteiger charge is -2.05. The molecule has 4 nitrogen and oxygen atoms in total. The summed E-state index contributed by atoms with van der Waals surface area (Å²) in [6, 6.07) is 0. The monoisotopic (exact) mass is 163 g/mol. The molecule has 0 saturated heterocycles. The second-order valence-electron chi connectivity index (χ2n) is 2.02. The van der Waals surface area contributed by atoms with E-state index in [0.29, 0.717) is 0 Å². The zero-order chi connectivity index (χ0) is 8.48. The zero-order valence-electron chi connectivity index (χ0n) is 5.84. The maximum Gasteiger partial charge on any atom is 0.324 e. The van der Waals surface area contributed by atoms with Crippen molar-refractivity contribution in [2.75, 3.05) is 5.73 Å². The van der Waals surface area contributed by atoms with Crippen LogP contribution in [0.3, 0.4) is 0 Å². The van der Waals surface area contributed by atoms with Gasteiger partial charge in [0.25, 0.3) is 11.8 Å². The van der Waals surface area contributed by atoms with Crippen LogP contribution in [0.5, 0.6) is 0 Å². The smallest absolute Gasteiger partial charge is 0.324 e. The van der Waals surface area contributed by atoms with Crippen LogP contribution in [0.15, 0.2) is 4.52 Å². The van der Waals surface area contributed by atoms with E-state index in [1.807, 2.05) is 0 Å². The van der Waals surface area contributed by atoms with E-state index in [4.69, 9.17) is 5.73 Å². The highest BCUT2D eigenvalue weighted by Gasteiger charge is 2.35. The fourth-order valence-corrected chi connectivity index (χ4v) is 0.535. The Bertz CT molecular complexity index is 248. The molecule has 2 N–H and O–H groups in total. The largest absolute Gasteiger partial charge is 0.365 e. The molecule has 0 bridgehead atoms. The summed E-state index contributed by atoms with van der Waals surface area (Å²) in [5, 5.41) is 3.04. The molecule has 0 spiro atoms. The predicted molar refractivity (Wildman–Crippen MR) is 32.9 cm³/mol. The number of hydrogen-bond acceptors (Lipinski definition) is 4. The topological polar surface area (TPSA) is 64.9 Å². The quantitative estimate of drug-likeness (QED) is 0.710. The van der Waals surface area contributed by atoms with E-state index in [1.54, 1.807) is 0 Å². The van der Waals surface area contributed by atoms with Crippen molar-refractivity contribution in [2.45, 2.75) is 19.3 Å². The molecule has 0 fully saturated rings. The van der Waals surface area contributed by atoms with Gasteiger partial charge in [-0.05, 0) is 5.16 Å². The third-order valence-electron chi connectivity index (χ3n) is 1.20. The number of halogens is 2. The molecule has 0 atom stereocenters. The van der Waals surface area contributed by atoms with Gasteiger partial charge in [0.05, 0.1) is 0 Å². The molecule has 0 aliphatic carbocycles. The van der Waals surface area contributed by atoms with Gasteiger partial charge in [-0.3, -0.25) is 0 Å². The van der Waals surface area contributed by atoms with Crippen molar-refractivity contribution in [3.05, 3.63) is 5.89 Å². The van der Waals surface area contributed by atoms with Gasteiger partial charge in [-0.15, -0.1) is 0 Å². The van der Waals surface area contributed by atoms with Crippen LogP contribution in [0.1, 0.15) is 19.2 Å². The number of nitrogens with two attached hydrogens (primary N) is 1. The van der Waals surface area contributed by atoms with Gasteiger partial charge in [0, 0.05) is 6.42 Å². The van der Waals surface area contributed by atoms with Crippen molar-refractivity contribution in [3.63, 3.8) is 0 Å². The molecule has 1 aromatic heterocycles. The Morgan fingerprint density at radius 1 is 1.64 bits per heavy atom. The van der Waals surface area contributed by atoms with Crippen molar-refractivity contribution in [2.24, 2.45) is 0 Å². The van der Waals surface area contributed by atoms with Crippen molar-refractivity contribution < 1.29 is 13.3 Å². The van der Waals surface area contributed by atoms with Crippen LogP contribution in [0, 0.1) is 0 Å². The Balaban J connectivity index is 2.92. The minimum atomic E-state index is -3.06. The second kappa shape index (κ2) is 2.44. The number of anilines is 1. The van der Waals surface area contributed by atoms with E-state index >= 15 is 0 Å². The maximum absolute atomic E-state index is 12.6. The highest BCUT2D eigenvalue weighted by molar-refractivity contribution is 5.12. The molecule has 0 saturated carbocycles. The third-order valence-corrected chi connectivity index (χ3v) is 1.20. The minimum Gasteiger partial charge on any atom is -0.365 e. The average Bonchev–Trinajstić information content (AvgIpc) is 2.36. The van der Waals surface area contributed by atoms with Gasteiger partial charge in [0.2, 0.25) is 0 Å². The van der Waals surface area contributed by atoms with Crippen LogP contribution >= 0.6 is 0 Å². The summed E-state index contributed by atoms with van der Waals surface area (Å²) in [4.78, 5) is 3.20. The first-order chi connectivity index (χ1) is 5.06. The summed E-state index contributed by atoms with van der Waals surface area (Å²) >= 11 is 0. The van der Waals surface area contributed by atoms with E-state index in [1.165, 1.54) is 6.92 Å². The average molecular weight is 163 g/mol. The minimum absolute atomic E-state index is 0.270. The Hall–Kier alpha value is -1.20. The van der Waals surface area contributed by atoms with Crippen molar-refractivity contribution in [3.8, 4) is 0 Å². The Morgan fingerprint density at radius 2 is 2.27 bits per heavy atom. The molecular formula is C5H7F2N3O. The highest BCUT2D eigenvalue weighted by Crippen LogP contribution is 2.29. The number of aromatic nitrogens is 2. The molecule has 1 rings (SSSR count). The van der Waals surface area contributed by atoms with Gasteiger partial charge in [-0.2, -0.15) is 13.8 Å². The van der Waals surface area contributed by atoms with E-state index in [0.717, 1.165) is 0 Å². The lowest BCUT2D eigenvalue weighted by atomic mass is 10.3. The van der Waals surface area contributed by atoms with Crippen molar-refractivity contribution in [1.82, 2.24) is 10.1 Å². The summed E-state index contributed by atoms with van der Waals surface area (Å²) in [5.74, 6) is -4.06. The number of rotatable bonds is 2. The Morgan fingerprint density at radius 3 is 2.64 bits per heavy atom. The SMILES string of the molecule is CCC(F)(F)c1nc(N)no1. The molecule has 0 radical (unpaired) electrons. The number of nitrogens with zero attached hydrogens (tertiary/aromatic N) is 2. The van der Waals surface area contributed by atoms with Gasteiger partial charge in [-0.1, -0.05) is 6.92 Å². The summed E-state index contributed by atoms with van der Waals surface area (Å²) < 4.78 is 29.5. The van der Waals surface area contributed by atoms with Crippen LogP contribution in [0.25, 0.3) is 0 Å². The van der Waals surface area contributed by atoms with Crippen LogP contribution in [0.4, 0.5) is 14.7 Å². The van der Waals surface area contributed by atoms with E-state index < -0.39 is 11.8 Å². The highest BCUT2D eigenvalue weighted by atomic mass is 19.3. The number of nitrogen functional groups attached to an aromatic ring is 1. The van der Waals surface area contributed by atoms with Crippen LogP contribution in [-0.2, 0) is 5.92 Å². The first kappa shape index (κ1) is 7.90. The summed E-state index contributed by atoms with van der Waals surface area (Å²) in [5.41, 5.74) is 4.98. The normalized spacial score (nSPS) is 11.9. The third kappa shape index (κ3) is 1.44. The molecule has 1 aromatic rings. The number of alkyl halides is 2. The molecule has 1 heterocycles. The molecule has 6 heteroatoms. The Kier molecular flexibility index (Phi) is 1.76. The molecule has 0 aromatic carbocycles. The molecule has 0 amide bonds. The van der Waals surface area contributed by atoms with Crippen molar-refractivity contribution in [1.29, 1.82) is 0 Å². The maximum atomic E-state index is 12.6. The first-order valence-electron chi connectivity index (χ1n) is 3.03. The summed E-state index contributed by atoms with van der Waals surface area (Å²) in [6.45, 7) is 1.32. The summed E-state index contributed by atoms with van der Waals surface area (Å²) in [6.07, 6.45) is -0.380. The molecule has 11 heavy (non-hydrogen) atoms. The standard InChI is InChI=1S/C5H7F2N3O/c1-2-5(6,7)3-9-4(8)10-11-3/h2H2,1H3,(H2,8,10). The lowest BCUT2D eigenvalue weighted by Crippen LogP contribution is -2.11. The van der Waals surface area contributed by atoms with Crippen LogP contribution in [0.2, 0.25) is 0 Å². The Labute approximate surface area is 61.4 Å². The van der Waals surface area contributed by atoms with Crippen molar-refractivity contribution >= 4 is 5.95 Å².